The first kappa shape index (κ1) is 27.8. The molecule has 0 aliphatic carbocycles. The second kappa shape index (κ2) is 13.5. The van der Waals surface area contributed by atoms with Gasteiger partial charge in [0.15, 0.2) is 0 Å². The maximum Gasteiger partial charge on any atom is 0.269 e. The number of nitrogens with zero attached hydrogens (tertiary/aromatic N) is 7. The van der Waals surface area contributed by atoms with E-state index in [2.05, 4.69) is 25.9 Å². The van der Waals surface area contributed by atoms with E-state index in [9.17, 15) is 25.4 Å². The fourth-order valence-corrected chi connectivity index (χ4v) is 3.45. The molecule has 0 saturated carbocycles. The summed E-state index contributed by atoms with van der Waals surface area (Å²) >= 11 is 0. The predicted octanol–water partition coefficient (Wildman–Crippen LogP) is 5.68. The maximum atomic E-state index is 11.1. The van der Waals surface area contributed by atoms with Crippen LogP contribution in [0.15, 0.2) is 130 Å². The van der Waals surface area contributed by atoms with E-state index in [-0.39, 0.29) is 17.1 Å². The van der Waals surface area contributed by atoms with E-state index >= 15 is 0 Å². The van der Waals surface area contributed by atoms with Crippen molar-refractivity contribution in [1.29, 1.82) is 0 Å². The van der Waals surface area contributed by atoms with Gasteiger partial charge in [0, 0.05) is 35.4 Å². The molecule has 41 heavy (non-hydrogen) atoms. The van der Waals surface area contributed by atoms with Crippen molar-refractivity contribution in [3.05, 3.63) is 141 Å². The van der Waals surface area contributed by atoms with Crippen molar-refractivity contribution in [2.75, 3.05) is 10.5 Å². The zero-order valence-corrected chi connectivity index (χ0v) is 21.3. The number of non-ortho nitro benzene ring substituents is 2. The smallest absolute Gasteiger partial charge is 0.269 e. The first-order chi connectivity index (χ1) is 19.9. The van der Waals surface area contributed by atoms with Crippen molar-refractivity contribution in [3.63, 3.8) is 0 Å². The van der Waals surface area contributed by atoms with E-state index < -0.39 is 9.85 Å². The minimum absolute atomic E-state index is 0.0763. The van der Waals surface area contributed by atoms with Crippen molar-refractivity contribution >= 4 is 46.6 Å². The van der Waals surface area contributed by atoms with Crippen LogP contribution < -0.4 is 10.5 Å². The van der Waals surface area contributed by atoms with Crippen LogP contribution in [-0.2, 0) is 0 Å². The molecule has 0 aliphatic rings. The van der Waals surface area contributed by atoms with Crippen LogP contribution in [-0.4, -0.2) is 38.9 Å². The summed E-state index contributed by atoms with van der Waals surface area (Å²) in [6.07, 6.45) is 2.49. The first-order valence-corrected chi connectivity index (χ1v) is 12.0. The van der Waals surface area contributed by atoms with Gasteiger partial charge in [-0.1, -0.05) is 41.6 Å². The van der Waals surface area contributed by atoms with E-state index in [0.29, 0.717) is 28.2 Å². The Labute approximate surface area is 233 Å². The molecule has 0 amide bonds. The average molecular weight is 551 g/mol. The second-order valence-corrected chi connectivity index (χ2v) is 8.18. The van der Waals surface area contributed by atoms with Gasteiger partial charge < -0.3 is 5.21 Å². The molecule has 13 nitrogen and oxygen atoms in total. The summed E-state index contributed by atoms with van der Waals surface area (Å²) in [5.74, 6) is 0. The van der Waals surface area contributed by atoms with Crippen LogP contribution in [0.3, 0.4) is 0 Å². The third-order valence-electron chi connectivity index (χ3n) is 5.49. The molecule has 0 radical (unpaired) electrons. The van der Waals surface area contributed by atoms with E-state index in [1.165, 1.54) is 47.7 Å². The highest BCUT2D eigenvalue weighted by atomic mass is 16.6. The normalized spacial score (nSPS) is 12.0. The molecule has 0 unspecified atom stereocenters. The van der Waals surface area contributed by atoms with Gasteiger partial charge in [0.05, 0.1) is 33.7 Å². The standard InChI is InChI=1S/C28H22N8O5/c37-30-20-28(22-13-17-26(18-14-22)36(40)41)33-34(24-9-5-2-6-10-24)29-19-27(32-31-23-7-3-1-4-8-23)21-11-15-25(16-12-21)35(38)39/h1-20,31,37H/b29-19+,30-20+,32-27+,33-28+. The monoisotopic (exact) mass is 550 g/mol. The minimum atomic E-state index is -0.524. The molecule has 4 aromatic rings. The van der Waals surface area contributed by atoms with Gasteiger partial charge in [0.1, 0.15) is 11.4 Å². The lowest BCUT2D eigenvalue weighted by Gasteiger charge is -2.15. The van der Waals surface area contributed by atoms with Gasteiger partial charge in [-0.25, -0.2) is 0 Å². The second-order valence-electron chi connectivity index (χ2n) is 8.18. The summed E-state index contributed by atoms with van der Waals surface area (Å²) in [6.45, 7) is 0. The number of hydrogen-bond donors (Lipinski definition) is 2. The number of hydrazone groups is 3. The SMILES string of the molecule is O=[N+]([O-])c1ccc(C(/C=N/N(/N=C(\C=N\O)c2ccc([N+](=O)[O-])cc2)c2ccccc2)=N/Nc2ccccc2)cc1. The fraction of sp³-hybridized carbons (Fsp3) is 0. The van der Waals surface area contributed by atoms with Gasteiger partial charge in [-0.05, 0) is 48.5 Å². The zero-order chi connectivity index (χ0) is 29.0. The molecule has 0 saturated heterocycles. The molecular weight excluding hydrogens is 528 g/mol. The molecule has 4 aromatic carbocycles. The molecule has 0 heterocycles. The molecule has 0 aliphatic heterocycles. The van der Waals surface area contributed by atoms with E-state index in [0.717, 1.165) is 6.21 Å². The summed E-state index contributed by atoms with van der Waals surface area (Å²) in [5, 5.41) is 49.3. The topological polar surface area (TPSA) is 171 Å². The molecule has 0 spiro atoms. The number of rotatable bonds is 11. The van der Waals surface area contributed by atoms with Crippen LogP contribution in [0, 0.1) is 20.2 Å². The molecule has 0 bridgehead atoms. The third-order valence-corrected chi connectivity index (χ3v) is 5.49. The number of hydrogen-bond acceptors (Lipinski definition) is 11. The van der Waals surface area contributed by atoms with E-state index in [4.69, 9.17) is 0 Å². The van der Waals surface area contributed by atoms with Crippen molar-refractivity contribution in [2.24, 2.45) is 20.5 Å². The molecule has 0 atom stereocenters. The Kier molecular flexibility index (Phi) is 9.17. The van der Waals surface area contributed by atoms with Gasteiger partial charge in [-0.2, -0.15) is 15.3 Å². The lowest BCUT2D eigenvalue weighted by molar-refractivity contribution is -0.385. The van der Waals surface area contributed by atoms with Crippen LogP contribution in [0.1, 0.15) is 11.1 Å². The largest absolute Gasteiger partial charge is 0.411 e. The summed E-state index contributed by atoms with van der Waals surface area (Å²) < 4.78 is 0. The Balaban J connectivity index is 1.76. The van der Waals surface area contributed by atoms with E-state index in [1.807, 2.05) is 36.4 Å². The lowest BCUT2D eigenvalue weighted by Crippen LogP contribution is -2.17. The van der Waals surface area contributed by atoms with Crippen LogP contribution in [0.5, 0.6) is 0 Å². The predicted molar refractivity (Wildman–Crippen MR) is 157 cm³/mol. The summed E-state index contributed by atoms with van der Waals surface area (Å²) in [6, 6.07) is 29.4. The molecule has 0 fully saturated rings. The van der Waals surface area contributed by atoms with Crippen molar-refractivity contribution < 1.29 is 15.1 Å². The van der Waals surface area contributed by atoms with Crippen LogP contribution in [0.2, 0.25) is 0 Å². The van der Waals surface area contributed by atoms with E-state index in [1.54, 1.807) is 36.4 Å². The molecule has 2 N–H and O–H groups in total. The van der Waals surface area contributed by atoms with Crippen molar-refractivity contribution in [1.82, 2.24) is 0 Å². The molecular formula is C28H22N8O5. The lowest BCUT2D eigenvalue weighted by atomic mass is 10.1. The zero-order valence-electron chi connectivity index (χ0n) is 21.3. The van der Waals surface area contributed by atoms with Crippen LogP contribution >= 0.6 is 0 Å². The van der Waals surface area contributed by atoms with Gasteiger partial charge in [0.25, 0.3) is 11.4 Å². The summed E-state index contributed by atoms with van der Waals surface area (Å²) in [5.41, 5.74) is 5.44. The van der Waals surface area contributed by atoms with Crippen molar-refractivity contribution in [3.8, 4) is 0 Å². The quantitative estimate of drug-likeness (QED) is 0.105. The number of para-hydroxylation sites is 2. The Hall–Kier alpha value is -6.24. The number of nitrogens with one attached hydrogen (secondary N) is 1. The Bertz CT molecular complexity index is 1610. The van der Waals surface area contributed by atoms with Gasteiger partial charge in [-0.15, -0.1) is 5.10 Å². The maximum absolute atomic E-state index is 11.1. The molecule has 0 aromatic heterocycles. The Morgan fingerprint density at radius 2 is 1.22 bits per heavy atom. The van der Waals surface area contributed by atoms with Gasteiger partial charge in [-0.3, -0.25) is 25.7 Å². The number of anilines is 2. The van der Waals surface area contributed by atoms with Gasteiger partial charge >= 0.3 is 0 Å². The Morgan fingerprint density at radius 1 is 0.707 bits per heavy atom. The summed E-state index contributed by atoms with van der Waals surface area (Å²) in [7, 11) is 0. The fourth-order valence-electron chi connectivity index (χ4n) is 3.45. The highest BCUT2D eigenvalue weighted by Gasteiger charge is 2.12. The molecule has 204 valence electrons. The highest BCUT2D eigenvalue weighted by Crippen LogP contribution is 2.18. The van der Waals surface area contributed by atoms with Crippen LogP contribution in [0.4, 0.5) is 22.7 Å². The number of nitro benzene ring substituents is 2. The average Bonchev–Trinajstić information content (AvgIpc) is 3.01. The van der Waals surface area contributed by atoms with Crippen LogP contribution in [0.25, 0.3) is 0 Å². The molecule has 4 rings (SSSR count). The number of nitro groups is 2. The number of benzene rings is 4. The van der Waals surface area contributed by atoms with Crippen molar-refractivity contribution in [2.45, 2.75) is 0 Å². The minimum Gasteiger partial charge on any atom is -0.411 e. The Morgan fingerprint density at radius 3 is 1.73 bits per heavy atom. The van der Waals surface area contributed by atoms with Gasteiger partial charge in [0.2, 0.25) is 0 Å². The highest BCUT2D eigenvalue weighted by molar-refractivity contribution is 6.39. The number of oxime groups is 1. The molecule has 13 heteroatoms. The summed E-state index contributed by atoms with van der Waals surface area (Å²) in [4.78, 5) is 21.2. The third kappa shape index (κ3) is 7.64. The first-order valence-electron chi connectivity index (χ1n) is 12.0.